The van der Waals surface area contributed by atoms with Crippen LogP contribution in [0.15, 0.2) is 24.5 Å². The number of ether oxygens (including phenoxy) is 1. The van der Waals surface area contributed by atoms with Crippen molar-refractivity contribution >= 4 is 5.97 Å². The van der Waals surface area contributed by atoms with Gasteiger partial charge in [-0.25, -0.2) is 0 Å². The van der Waals surface area contributed by atoms with Gasteiger partial charge >= 0.3 is 5.97 Å². The Kier molecular flexibility index (Phi) is 4.44. The maximum absolute atomic E-state index is 11.6. The standard InChI is InChI=1S/C12H18O2/c1-10(2)14-12(13)11-8-6-4-3-5-7-9-11/h3-4,11H,1,5-9H2,2H3/b4-3-. The summed E-state index contributed by atoms with van der Waals surface area (Å²) in [5, 5.41) is 0. The van der Waals surface area contributed by atoms with Crippen LogP contribution in [-0.2, 0) is 9.53 Å². The van der Waals surface area contributed by atoms with E-state index in [0.29, 0.717) is 5.76 Å². The predicted molar refractivity (Wildman–Crippen MR) is 56.6 cm³/mol. The average molecular weight is 194 g/mol. The molecule has 0 fully saturated rings. The van der Waals surface area contributed by atoms with Gasteiger partial charge in [0.2, 0.25) is 0 Å². The third-order valence-electron chi connectivity index (χ3n) is 2.38. The molecule has 78 valence electrons. The second kappa shape index (κ2) is 5.63. The van der Waals surface area contributed by atoms with Gasteiger partial charge in [-0.15, -0.1) is 0 Å². The second-order valence-electron chi connectivity index (χ2n) is 3.80. The van der Waals surface area contributed by atoms with Crippen LogP contribution in [0.3, 0.4) is 0 Å². The monoisotopic (exact) mass is 194 g/mol. The lowest BCUT2D eigenvalue weighted by Crippen LogP contribution is -2.17. The summed E-state index contributed by atoms with van der Waals surface area (Å²) in [5.41, 5.74) is 0. The molecule has 1 rings (SSSR count). The lowest BCUT2D eigenvalue weighted by Gasteiger charge is -2.15. The minimum absolute atomic E-state index is 0.0663. The van der Waals surface area contributed by atoms with Crippen LogP contribution < -0.4 is 0 Å². The Balaban J connectivity index is 2.44. The molecule has 2 heteroatoms. The third-order valence-corrected chi connectivity index (χ3v) is 2.38. The molecule has 0 aromatic heterocycles. The van der Waals surface area contributed by atoms with Gasteiger partial charge in [0.15, 0.2) is 0 Å². The largest absolute Gasteiger partial charge is 0.432 e. The van der Waals surface area contributed by atoms with E-state index in [1.165, 1.54) is 0 Å². The summed E-state index contributed by atoms with van der Waals surface area (Å²) in [6.45, 7) is 5.28. The molecule has 0 saturated heterocycles. The van der Waals surface area contributed by atoms with Crippen LogP contribution in [0.25, 0.3) is 0 Å². The van der Waals surface area contributed by atoms with E-state index in [4.69, 9.17) is 4.74 Å². The number of rotatable bonds is 2. The number of carbonyl (C=O) groups excluding carboxylic acids is 1. The number of allylic oxidation sites excluding steroid dienone is 3. The summed E-state index contributed by atoms with van der Waals surface area (Å²) in [6.07, 6.45) is 9.33. The van der Waals surface area contributed by atoms with Crippen LogP contribution in [0.4, 0.5) is 0 Å². The predicted octanol–water partition coefficient (Wildman–Crippen LogP) is 3.20. The molecular weight excluding hydrogens is 176 g/mol. The zero-order valence-electron chi connectivity index (χ0n) is 8.79. The van der Waals surface area contributed by atoms with Crippen molar-refractivity contribution in [3.05, 3.63) is 24.5 Å². The Labute approximate surface area is 85.6 Å². The van der Waals surface area contributed by atoms with Gasteiger partial charge in [-0.3, -0.25) is 4.79 Å². The van der Waals surface area contributed by atoms with Crippen molar-refractivity contribution in [3.63, 3.8) is 0 Å². The fourth-order valence-electron chi connectivity index (χ4n) is 1.65. The number of carbonyl (C=O) groups is 1. The maximum Gasteiger partial charge on any atom is 0.313 e. The van der Waals surface area contributed by atoms with E-state index < -0.39 is 0 Å². The zero-order chi connectivity index (χ0) is 10.4. The lowest BCUT2D eigenvalue weighted by molar-refractivity contribution is -0.144. The maximum atomic E-state index is 11.6. The Morgan fingerprint density at radius 2 is 2.07 bits per heavy atom. The average Bonchev–Trinajstić information content (AvgIpc) is 2.00. The van der Waals surface area contributed by atoms with Gasteiger partial charge in [0, 0.05) is 0 Å². The number of esters is 1. The lowest BCUT2D eigenvalue weighted by atomic mass is 9.94. The van der Waals surface area contributed by atoms with Crippen molar-refractivity contribution < 1.29 is 9.53 Å². The van der Waals surface area contributed by atoms with Crippen LogP contribution >= 0.6 is 0 Å². The molecule has 1 unspecified atom stereocenters. The molecule has 1 aliphatic rings. The Bertz CT molecular complexity index is 241. The topological polar surface area (TPSA) is 26.3 Å². The van der Waals surface area contributed by atoms with Crippen LogP contribution in [0, 0.1) is 5.92 Å². The fourth-order valence-corrected chi connectivity index (χ4v) is 1.65. The van der Waals surface area contributed by atoms with E-state index in [0.717, 1.165) is 32.1 Å². The van der Waals surface area contributed by atoms with Crippen molar-refractivity contribution in [1.29, 1.82) is 0 Å². The number of hydrogen-bond donors (Lipinski definition) is 0. The van der Waals surface area contributed by atoms with E-state index >= 15 is 0 Å². The van der Waals surface area contributed by atoms with Crippen LogP contribution in [0.1, 0.15) is 39.0 Å². The summed E-state index contributed by atoms with van der Waals surface area (Å²) in [5.74, 6) is 0.456. The van der Waals surface area contributed by atoms with Gasteiger partial charge in [-0.05, 0) is 39.0 Å². The summed E-state index contributed by atoms with van der Waals surface area (Å²) >= 11 is 0. The van der Waals surface area contributed by atoms with Crippen LogP contribution in [0.5, 0.6) is 0 Å². The van der Waals surface area contributed by atoms with Crippen molar-refractivity contribution in [2.24, 2.45) is 5.92 Å². The Morgan fingerprint density at radius 3 is 2.79 bits per heavy atom. The first-order valence-electron chi connectivity index (χ1n) is 5.22. The SMILES string of the molecule is C=C(C)OC(=O)C1CC/C=C\CCC1. The molecule has 1 atom stereocenters. The normalized spacial score (nSPS) is 24.5. The molecule has 0 amide bonds. The van der Waals surface area contributed by atoms with E-state index in [2.05, 4.69) is 18.7 Å². The van der Waals surface area contributed by atoms with E-state index in [1.807, 2.05) is 0 Å². The van der Waals surface area contributed by atoms with Gasteiger partial charge in [-0.2, -0.15) is 0 Å². The molecule has 2 nitrogen and oxygen atoms in total. The van der Waals surface area contributed by atoms with Crippen molar-refractivity contribution in [1.82, 2.24) is 0 Å². The molecule has 0 aromatic carbocycles. The highest BCUT2D eigenvalue weighted by Gasteiger charge is 2.19. The molecule has 0 aliphatic heterocycles. The van der Waals surface area contributed by atoms with Crippen LogP contribution in [-0.4, -0.2) is 5.97 Å². The van der Waals surface area contributed by atoms with Crippen molar-refractivity contribution in [2.75, 3.05) is 0 Å². The first-order valence-corrected chi connectivity index (χ1v) is 5.22. The zero-order valence-corrected chi connectivity index (χ0v) is 8.79. The van der Waals surface area contributed by atoms with Gasteiger partial charge < -0.3 is 4.74 Å². The quantitative estimate of drug-likeness (QED) is 0.383. The Morgan fingerprint density at radius 1 is 1.36 bits per heavy atom. The van der Waals surface area contributed by atoms with Gasteiger partial charge in [0.25, 0.3) is 0 Å². The molecule has 0 radical (unpaired) electrons. The highest BCUT2D eigenvalue weighted by atomic mass is 16.5. The van der Waals surface area contributed by atoms with E-state index in [1.54, 1.807) is 6.92 Å². The first kappa shape index (κ1) is 11.0. The summed E-state index contributed by atoms with van der Waals surface area (Å²) < 4.78 is 5.03. The summed E-state index contributed by atoms with van der Waals surface area (Å²) in [6, 6.07) is 0. The van der Waals surface area contributed by atoms with Crippen molar-refractivity contribution in [3.8, 4) is 0 Å². The van der Waals surface area contributed by atoms with Gasteiger partial charge in [0.1, 0.15) is 0 Å². The highest BCUT2D eigenvalue weighted by molar-refractivity contribution is 5.73. The molecule has 0 heterocycles. The molecule has 14 heavy (non-hydrogen) atoms. The minimum Gasteiger partial charge on any atom is -0.432 e. The Hall–Kier alpha value is -1.05. The smallest absolute Gasteiger partial charge is 0.313 e. The molecular formula is C12H18O2. The van der Waals surface area contributed by atoms with Gasteiger partial charge in [-0.1, -0.05) is 18.7 Å². The molecule has 0 aromatic rings. The highest BCUT2D eigenvalue weighted by Crippen LogP contribution is 2.20. The number of hydrogen-bond acceptors (Lipinski definition) is 2. The molecule has 0 N–H and O–H groups in total. The van der Waals surface area contributed by atoms with Gasteiger partial charge in [0.05, 0.1) is 11.7 Å². The molecule has 0 bridgehead atoms. The van der Waals surface area contributed by atoms with E-state index in [9.17, 15) is 4.79 Å². The second-order valence-corrected chi connectivity index (χ2v) is 3.80. The summed E-state index contributed by atoms with van der Waals surface area (Å²) in [4.78, 5) is 11.6. The van der Waals surface area contributed by atoms with E-state index in [-0.39, 0.29) is 11.9 Å². The van der Waals surface area contributed by atoms with Crippen LogP contribution in [0.2, 0.25) is 0 Å². The minimum atomic E-state index is -0.104. The molecule has 1 aliphatic carbocycles. The summed E-state index contributed by atoms with van der Waals surface area (Å²) in [7, 11) is 0. The molecule has 0 saturated carbocycles. The molecule has 0 spiro atoms. The first-order chi connectivity index (χ1) is 6.70. The third kappa shape index (κ3) is 3.77. The fraction of sp³-hybridized carbons (Fsp3) is 0.583. The van der Waals surface area contributed by atoms with Crippen molar-refractivity contribution in [2.45, 2.75) is 39.0 Å².